The monoisotopic (exact) mass is 495 g/mol. The van der Waals surface area contributed by atoms with E-state index >= 15 is 8.78 Å². The zero-order valence-electron chi connectivity index (χ0n) is 20.8. The maximum Gasteiger partial charge on any atom is 0.310 e. The molecule has 2 fully saturated rings. The Balaban J connectivity index is 1.47. The van der Waals surface area contributed by atoms with Crippen molar-refractivity contribution in [2.24, 2.45) is 34.2 Å². The third kappa shape index (κ3) is 3.77. The van der Waals surface area contributed by atoms with Gasteiger partial charge in [-0.05, 0) is 36.5 Å². The van der Waals surface area contributed by atoms with Crippen LogP contribution in [0.4, 0.5) is 8.78 Å². The predicted octanol–water partition coefficient (Wildman–Crippen LogP) is 4.53. The molecular weight excluding hydrogens is 464 g/mol. The average Bonchev–Trinajstić information content (AvgIpc) is 3.47. The number of ether oxygens (including phenoxy) is 1. The number of cyclic esters (lactones) is 1. The number of halogens is 2. The number of alkyl halides is 2. The van der Waals surface area contributed by atoms with E-state index in [9.17, 15) is 4.79 Å². The summed E-state index contributed by atoms with van der Waals surface area (Å²) in [6, 6.07) is 11.6. The van der Waals surface area contributed by atoms with Gasteiger partial charge in [-0.15, -0.1) is 10.6 Å². The Hall–Kier alpha value is -3.33. The minimum absolute atomic E-state index is 0.0138. The fraction of sp³-hybridized carbons (Fsp3) is 0.444. The molecule has 0 unspecified atom stereocenters. The molecule has 7 nitrogen and oxygen atoms in total. The Morgan fingerprint density at radius 2 is 1.89 bits per heavy atom. The number of carbonyl (C=O) groups is 1. The van der Waals surface area contributed by atoms with Crippen molar-refractivity contribution in [1.82, 2.24) is 21.5 Å². The molecule has 1 saturated carbocycles. The van der Waals surface area contributed by atoms with E-state index in [1.807, 2.05) is 63.2 Å². The Labute approximate surface area is 209 Å². The first-order chi connectivity index (χ1) is 17.2. The number of hydrogen-bond donors (Lipinski definition) is 3. The van der Waals surface area contributed by atoms with Crippen LogP contribution in [0.15, 0.2) is 53.8 Å². The highest BCUT2D eigenvalue weighted by molar-refractivity contribution is 6.04. The predicted molar refractivity (Wildman–Crippen MR) is 133 cm³/mol. The number of nitrogens with one attached hydrogen (secondary N) is 3. The highest BCUT2D eigenvalue weighted by Crippen LogP contribution is 2.63. The van der Waals surface area contributed by atoms with Crippen LogP contribution in [0.2, 0.25) is 0 Å². The molecule has 3 aliphatic rings. The Bertz CT molecular complexity index is 1210. The van der Waals surface area contributed by atoms with E-state index in [0.717, 1.165) is 16.7 Å². The van der Waals surface area contributed by atoms with Crippen molar-refractivity contribution in [2.45, 2.75) is 46.1 Å². The Morgan fingerprint density at radius 3 is 2.53 bits per heavy atom. The summed E-state index contributed by atoms with van der Waals surface area (Å²) in [7, 11) is 0. The number of hydrogen-bond acceptors (Lipinski definition) is 7. The van der Waals surface area contributed by atoms with Crippen molar-refractivity contribution in [3.05, 3.63) is 59.9 Å². The number of amidine groups is 1. The molecule has 36 heavy (non-hydrogen) atoms. The van der Waals surface area contributed by atoms with Crippen molar-refractivity contribution >= 4 is 17.9 Å². The molecule has 0 radical (unpaired) electrons. The van der Waals surface area contributed by atoms with Gasteiger partial charge in [-0.3, -0.25) is 15.2 Å². The molecule has 1 aliphatic carbocycles. The standard InChI is InChI=1S/C27H31F2N5O2/c1-15(2)27-17(4)36-25(35)23(27)13-26(28,29)16(3)22(27)12-11-19-10-9-18(14-30-19)20-7-5-6-8-21(20)24-31-33-34-32-24/h5-12,14-17,22-23,33-34H,13H2,1-4H3,(H,31,32)/b12-11+/t16-,17+,22-,23-,27-/m0/s1. The Kier molecular flexibility index (Phi) is 6.06. The van der Waals surface area contributed by atoms with Crippen LogP contribution in [0.1, 0.15) is 45.4 Å². The van der Waals surface area contributed by atoms with E-state index in [1.165, 1.54) is 0 Å². The topological polar surface area (TPSA) is 87.6 Å². The molecule has 3 N–H and O–H groups in total. The summed E-state index contributed by atoms with van der Waals surface area (Å²) in [6.45, 7) is 7.43. The summed E-state index contributed by atoms with van der Waals surface area (Å²) in [5, 5.41) is 4.19. The van der Waals surface area contributed by atoms with Crippen LogP contribution in [-0.2, 0) is 9.53 Å². The maximum atomic E-state index is 15.1. The quantitative estimate of drug-likeness (QED) is 0.529. The van der Waals surface area contributed by atoms with Crippen LogP contribution in [0.3, 0.4) is 0 Å². The number of rotatable bonds is 5. The molecule has 0 amide bonds. The van der Waals surface area contributed by atoms with Gasteiger partial charge in [0, 0.05) is 35.1 Å². The van der Waals surface area contributed by atoms with Crippen molar-refractivity contribution in [3.8, 4) is 11.1 Å². The molecule has 0 spiro atoms. The highest BCUT2D eigenvalue weighted by atomic mass is 19.3. The van der Waals surface area contributed by atoms with Gasteiger partial charge in [0.25, 0.3) is 5.92 Å². The first kappa shape index (κ1) is 24.4. The second kappa shape index (κ2) is 8.96. The van der Waals surface area contributed by atoms with Crippen LogP contribution < -0.4 is 16.5 Å². The molecule has 1 aromatic carbocycles. The molecule has 2 aliphatic heterocycles. The maximum absolute atomic E-state index is 15.1. The number of fused-ring (bicyclic) bond motifs is 1. The molecule has 2 aromatic rings. The number of benzene rings is 1. The molecule has 1 aromatic heterocycles. The second-order valence-electron chi connectivity index (χ2n) is 10.3. The minimum atomic E-state index is -2.96. The Morgan fingerprint density at radius 1 is 1.14 bits per heavy atom. The number of pyridine rings is 1. The summed E-state index contributed by atoms with van der Waals surface area (Å²) >= 11 is 0. The van der Waals surface area contributed by atoms with Crippen molar-refractivity contribution in [2.75, 3.05) is 0 Å². The van der Waals surface area contributed by atoms with Crippen molar-refractivity contribution in [1.29, 1.82) is 0 Å². The van der Waals surface area contributed by atoms with Crippen molar-refractivity contribution in [3.63, 3.8) is 0 Å². The average molecular weight is 496 g/mol. The van der Waals surface area contributed by atoms with Gasteiger partial charge in [0.15, 0.2) is 5.84 Å². The number of hydrazone groups is 1. The highest BCUT2D eigenvalue weighted by Gasteiger charge is 2.68. The molecule has 190 valence electrons. The molecule has 3 heterocycles. The van der Waals surface area contributed by atoms with Gasteiger partial charge in [0.1, 0.15) is 6.10 Å². The number of carbonyl (C=O) groups excluding carboxylic acids is 1. The van der Waals surface area contributed by atoms with Gasteiger partial charge >= 0.3 is 5.97 Å². The lowest BCUT2D eigenvalue weighted by atomic mass is 9.50. The summed E-state index contributed by atoms with van der Waals surface area (Å²) in [5.74, 6) is -5.11. The fourth-order valence-electron chi connectivity index (χ4n) is 6.49. The molecular formula is C27H31F2N5O2. The van der Waals surface area contributed by atoms with Gasteiger partial charge in [-0.2, -0.15) is 0 Å². The third-order valence-corrected chi connectivity index (χ3v) is 8.30. The summed E-state index contributed by atoms with van der Waals surface area (Å²) in [4.78, 5) is 17.2. The van der Waals surface area contributed by atoms with Crippen LogP contribution >= 0.6 is 0 Å². The first-order valence-electron chi connectivity index (χ1n) is 12.3. The lowest BCUT2D eigenvalue weighted by Crippen LogP contribution is -2.57. The van der Waals surface area contributed by atoms with Gasteiger partial charge in [0.2, 0.25) is 0 Å². The third-order valence-electron chi connectivity index (χ3n) is 8.30. The van der Waals surface area contributed by atoms with E-state index in [1.54, 1.807) is 19.2 Å². The van der Waals surface area contributed by atoms with E-state index in [0.29, 0.717) is 11.5 Å². The molecule has 9 heteroatoms. The van der Waals surface area contributed by atoms with Gasteiger partial charge in [-0.25, -0.2) is 14.3 Å². The zero-order valence-corrected chi connectivity index (χ0v) is 20.8. The summed E-state index contributed by atoms with van der Waals surface area (Å²) in [6.07, 6.45) is 4.49. The van der Waals surface area contributed by atoms with Crippen LogP contribution in [0, 0.1) is 29.1 Å². The lowest BCUT2D eigenvalue weighted by molar-refractivity contribution is -0.173. The molecule has 5 rings (SSSR count). The van der Waals surface area contributed by atoms with Crippen LogP contribution in [-0.4, -0.2) is 28.8 Å². The van der Waals surface area contributed by atoms with Crippen molar-refractivity contribution < 1.29 is 18.3 Å². The number of esters is 1. The first-order valence-corrected chi connectivity index (χ1v) is 12.3. The largest absolute Gasteiger partial charge is 0.462 e. The summed E-state index contributed by atoms with van der Waals surface area (Å²) < 4.78 is 35.7. The number of nitrogens with zero attached hydrogens (tertiary/aromatic N) is 2. The van der Waals surface area contributed by atoms with Crippen LogP contribution in [0.5, 0.6) is 0 Å². The van der Waals surface area contributed by atoms with Gasteiger partial charge in [-0.1, -0.05) is 57.2 Å². The second-order valence-corrected chi connectivity index (χ2v) is 10.3. The molecule has 1 saturated heterocycles. The lowest BCUT2D eigenvalue weighted by Gasteiger charge is -2.52. The van der Waals surface area contributed by atoms with Gasteiger partial charge in [0.05, 0.1) is 11.6 Å². The number of aromatic nitrogens is 1. The zero-order chi connectivity index (χ0) is 25.7. The van der Waals surface area contributed by atoms with Crippen LogP contribution in [0.25, 0.3) is 17.2 Å². The normalized spacial score (nSPS) is 31.1. The van der Waals surface area contributed by atoms with E-state index in [2.05, 4.69) is 26.6 Å². The SMILES string of the molecule is CC(C)[C@@]12[C@@H](C)OC(=O)[C@@H]1CC(F)(F)[C@@H](C)[C@@H]2/C=C/c1ccc(-c2ccccc2C2=NNNN2)cn1. The smallest absolute Gasteiger partial charge is 0.310 e. The fourth-order valence-corrected chi connectivity index (χ4v) is 6.49. The minimum Gasteiger partial charge on any atom is -0.462 e. The van der Waals surface area contributed by atoms with Gasteiger partial charge < -0.3 is 4.74 Å². The summed E-state index contributed by atoms with van der Waals surface area (Å²) in [5.41, 5.74) is 11.1. The molecule has 5 atom stereocenters. The van der Waals surface area contributed by atoms with E-state index < -0.39 is 47.6 Å². The number of hydrazine groups is 2. The molecule has 0 bridgehead atoms. The van der Waals surface area contributed by atoms with E-state index in [-0.39, 0.29) is 5.92 Å². The number of allylic oxidation sites excluding steroid dienone is 1. The van der Waals surface area contributed by atoms with E-state index in [4.69, 9.17) is 4.74 Å².